The van der Waals surface area contributed by atoms with E-state index in [4.69, 9.17) is 9.47 Å². The molecular weight excluding hydrogens is 468 g/mol. The van der Waals surface area contributed by atoms with Crippen LogP contribution in [-0.2, 0) is 11.3 Å². The monoisotopic (exact) mass is 502 g/mol. The van der Waals surface area contributed by atoms with E-state index in [0.717, 1.165) is 31.2 Å². The van der Waals surface area contributed by atoms with E-state index in [9.17, 15) is 9.59 Å². The van der Waals surface area contributed by atoms with Gasteiger partial charge in [0.25, 0.3) is 5.91 Å². The van der Waals surface area contributed by atoms with Crippen molar-refractivity contribution in [2.24, 2.45) is 0 Å². The van der Waals surface area contributed by atoms with Crippen LogP contribution in [0.2, 0.25) is 0 Å². The van der Waals surface area contributed by atoms with Crippen LogP contribution in [-0.4, -0.2) is 46.4 Å². The van der Waals surface area contributed by atoms with Crippen LogP contribution >= 0.6 is 0 Å². The molecule has 2 aromatic carbocycles. The predicted molar refractivity (Wildman–Crippen MR) is 140 cm³/mol. The van der Waals surface area contributed by atoms with Gasteiger partial charge in [-0.2, -0.15) is 0 Å². The lowest BCUT2D eigenvalue weighted by Gasteiger charge is -2.33. The summed E-state index contributed by atoms with van der Waals surface area (Å²) in [4.78, 5) is 37.6. The lowest BCUT2D eigenvalue weighted by molar-refractivity contribution is -0.127. The predicted octanol–water partition coefficient (Wildman–Crippen LogP) is 4.72. The third kappa shape index (κ3) is 6.84. The quantitative estimate of drug-likeness (QED) is 0.431. The van der Waals surface area contributed by atoms with Gasteiger partial charge in [0.1, 0.15) is 23.2 Å². The van der Waals surface area contributed by atoms with Crippen LogP contribution in [0.5, 0.6) is 11.5 Å². The van der Waals surface area contributed by atoms with Crippen LogP contribution in [0, 0.1) is 0 Å². The molecule has 194 valence electrons. The van der Waals surface area contributed by atoms with Crippen molar-refractivity contribution < 1.29 is 19.1 Å². The molecule has 1 atom stereocenters. The molecule has 8 nitrogen and oxygen atoms in total. The van der Waals surface area contributed by atoms with Gasteiger partial charge in [-0.1, -0.05) is 43.5 Å². The minimum Gasteiger partial charge on any atom is -0.497 e. The second-order valence-electron chi connectivity index (χ2n) is 9.12. The van der Waals surface area contributed by atoms with Crippen molar-refractivity contribution in [1.82, 2.24) is 20.2 Å². The third-order valence-corrected chi connectivity index (χ3v) is 6.57. The maximum absolute atomic E-state index is 13.9. The van der Waals surface area contributed by atoms with Crippen molar-refractivity contribution in [1.29, 1.82) is 0 Å². The number of hydrogen-bond acceptors (Lipinski definition) is 6. The van der Waals surface area contributed by atoms with Gasteiger partial charge >= 0.3 is 0 Å². The Morgan fingerprint density at radius 2 is 1.70 bits per heavy atom. The van der Waals surface area contributed by atoms with Crippen LogP contribution in [0.4, 0.5) is 0 Å². The van der Waals surface area contributed by atoms with Gasteiger partial charge in [-0.05, 0) is 55.2 Å². The number of carbonyl (C=O) groups excluding carboxylic acids is 2. The average molecular weight is 503 g/mol. The molecule has 8 heteroatoms. The molecule has 0 saturated heterocycles. The van der Waals surface area contributed by atoms with E-state index < -0.39 is 6.04 Å². The molecule has 0 spiro atoms. The summed E-state index contributed by atoms with van der Waals surface area (Å²) in [7, 11) is 1.61. The molecule has 1 fully saturated rings. The molecule has 1 saturated carbocycles. The highest BCUT2D eigenvalue weighted by atomic mass is 16.5. The molecule has 4 rings (SSSR count). The van der Waals surface area contributed by atoms with E-state index in [1.807, 2.05) is 55.5 Å². The highest BCUT2D eigenvalue weighted by Gasteiger charge is 2.34. The molecule has 1 heterocycles. The number of nitrogens with zero attached hydrogens (tertiary/aromatic N) is 3. The highest BCUT2D eigenvalue weighted by molar-refractivity contribution is 5.96. The van der Waals surface area contributed by atoms with Gasteiger partial charge in [-0.3, -0.25) is 14.6 Å². The number of amides is 2. The molecule has 0 aliphatic heterocycles. The minimum absolute atomic E-state index is 0.0981. The molecule has 3 aromatic rings. The summed E-state index contributed by atoms with van der Waals surface area (Å²) in [6.45, 7) is 2.67. The van der Waals surface area contributed by atoms with Crippen molar-refractivity contribution in [3.63, 3.8) is 0 Å². The summed E-state index contributed by atoms with van der Waals surface area (Å²) >= 11 is 0. The summed E-state index contributed by atoms with van der Waals surface area (Å²) in [5, 5.41) is 3.23. The van der Waals surface area contributed by atoms with E-state index in [0.29, 0.717) is 23.7 Å². The SMILES string of the molecule is CCOc1ccc(C(C(=O)NC2CCCCC2)N(Cc2ccc(OC)cc2)C(=O)c2cnccn2)cc1. The molecule has 1 aliphatic rings. The van der Waals surface area contributed by atoms with Gasteiger partial charge < -0.3 is 19.7 Å². The number of ether oxygens (including phenoxy) is 2. The Bertz CT molecular complexity index is 1150. The Hall–Kier alpha value is -3.94. The lowest BCUT2D eigenvalue weighted by atomic mass is 9.94. The Morgan fingerprint density at radius 1 is 1.00 bits per heavy atom. The van der Waals surface area contributed by atoms with Gasteiger partial charge in [-0.15, -0.1) is 0 Å². The molecule has 37 heavy (non-hydrogen) atoms. The summed E-state index contributed by atoms with van der Waals surface area (Å²) in [5.41, 5.74) is 1.74. The number of aromatic nitrogens is 2. The van der Waals surface area contributed by atoms with Crippen molar-refractivity contribution in [3.8, 4) is 11.5 Å². The molecule has 1 aliphatic carbocycles. The summed E-state index contributed by atoms with van der Waals surface area (Å²) in [5.74, 6) is 0.844. The fourth-order valence-electron chi connectivity index (χ4n) is 4.68. The van der Waals surface area contributed by atoms with Crippen LogP contribution in [0.3, 0.4) is 0 Å². The molecule has 2 amide bonds. The van der Waals surface area contributed by atoms with E-state index in [1.54, 1.807) is 12.0 Å². The first-order valence-corrected chi connectivity index (χ1v) is 12.8. The van der Waals surface area contributed by atoms with E-state index in [2.05, 4.69) is 15.3 Å². The smallest absolute Gasteiger partial charge is 0.275 e. The molecular formula is C29H34N4O4. The third-order valence-electron chi connectivity index (χ3n) is 6.57. The van der Waals surface area contributed by atoms with Crippen LogP contribution in [0.1, 0.15) is 66.7 Å². The first-order chi connectivity index (χ1) is 18.1. The maximum Gasteiger partial charge on any atom is 0.275 e. The standard InChI is InChI=1S/C29H34N4O4/c1-3-37-25-15-11-22(12-16-25)27(28(34)32-23-7-5-4-6-8-23)33(29(35)26-19-30-17-18-31-26)20-21-9-13-24(36-2)14-10-21/h9-19,23,27H,3-8,20H2,1-2H3,(H,32,34). The number of hydrogen-bond donors (Lipinski definition) is 1. The van der Waals surface area contributed by atoms with E-state index in [1.165, 1.54) is 25.0 Å². The Morgan fingerprint density at radius 3 is 2.32 bits per heavy atom. The lowest BCUT2D eigenvalue weighted by Crippen LogP contribution is -2.47. The summed E-state index contributed by atoms with van der Waals surface area (Å²) in [6.07, 6.45) is 9.67. The maximum atomic E-state index is 13.9. The normalized spacial score (nSPS) is 14.4. The van der Waals surface area contributed by atoms with Crippen molar-refractivity contribution in [2.45, 2.75) is 57.7 Å². The second kappa shape index (κ2) is 12.9. The second-order valence-corrected chi connectivity index (χ2v) is 9.12. The zero-order valence-corrected chi connectivity index (χ0v) is 21.4. The molecule has 1 N–H and O–H groups in total. The zero-order chi connectivity index (χ0) is 26.0. The summed E-state index contributed by atoms with van der Waals surface area (Å²) < 4.78 is 10.9. The Labute approximate surface area is 218 Å². The van der Waals surface area contributed by atoms with Crippen LogP contribution in [0.15, 0.2) is 67.1 Å². The molecule has 0 radical (unpaired) electrons. The largest absolute Gasteiger partial charge is 0.497 e. The van der Waals surface area contributed by atoms with Crippen LogP contribution in [0.25, 0.3) is 0 Å². The number of nitrogens with one attached hydrogen (secondary N) is 1. The van der Waals surface area contributed by atoms with Crippen LogP contribution < -0.4 is 14.8 Å². The van der Waals surface area contributed by atoms with E-state index in [-0.39, 0.29) is 30.1 Å². The zero-order valence-electron chi connectivity index (χ0n) is 21.4. The molecule has 0 bridgehead atoms. The number of methoxy groups -OCH3 is 1. The van der Waals surface area contributed by atoms with Crippen molar-refractivity contribution >= 4 is 11.8 Å². The van der Waals surface area contributed by atoms with Gasteiger partial charge in [0.2, 0.25) is 5.91 Å². The Balaban J connectivity index is 1.73. The minimum atomic E-state index is -0.866. The fourth-order valence-corrected chi connectivity index (χ4v) is 4.68. The van der Waals surface area contributed by atoms with Crippen molar-refractivity contribution in [2.75, 3.05) is 13.7 Å². The van der Waals surface area contributed by atoms with Gasteiger partial charge in [0.05, 0.1) is 19.9 Å². The molecule has 1 unspecified atom stereocenters. The number of carbonyl (C=O) groups is 2. The first kappa shape index (κ1) is 26.1. The van der Waals surface area contributed by atoms with Gasteiger partial charge in [-0.25, -0.2) is 4.98 Å². The topological polar surface area (TPSA) is 93.7 Å². The van der Waals surface area contributed by atoms with Gasteiger partial charge in [0, 0.05) is 25.0 Å². The first-order valence-electron chi connectivity index (χ1n) is 12.8. The average Bonchev–Trinajstić information content (AvgIpc) is 2.95. The van der Waals surface area contributed by atoms with E-state index >= 15 is 0 Å². The Kier molecular flexibility index (Phi) is 9.08. The highest BCUT2D eigenvalue weighted by Crippen LogP contribution is 2.29. The fraction of sp³-hybridized carbons (Fsp3) is 0.379. The van der Waals surface area contributed by atoms with Crippen molar-refractivity contribution in [3.05, 3.63) is 83.9 Å². The van der Waals surface area contributed by atoms with Gasteiger partial charge in [0.15, 0.2) is 0 Å². The molecule has 1 aromatic heterocycles. The summed E-state index contributed by atoms with van der Waals surface area (Å²) in [6, 6.07) is 14.1. The number of rotatable bonds is 10. The number of benzene rings is 2.